The third-order valence-electron chi connectivity index (χ3n) is 3.05. The van der Waals surface area contributed by atoms with Crippen LogP contribution >= 0.6 is 23.2 Å². The highest BCUT2D eigenvalue weighted by Crippen LogP contribution is 2.20. The first kappa shape index (κ1) is 15.7. The number of hydrogen-bond acceptors (Lipinski definition) is 1. The van der Waals surface area contributed by atoms with Crippen LogP contribution in [0.2, 0.25) is 10.0 Å². The number of carbonyl (C=O) groups excluding carboxylic acids is 1. The highest BCUT2D eigenvalue weighted by atomic mass is 35.5. The molecule has 0 heterocycles. The molecule has 0 atom stereocenters. The Morgan fingerprint density at radius 2 is 1.95 bits per heavy atom. The summed E-state index contributed by atoms with van der Waals surface area (Å²) in [7, 11) is 0. The van der Waals surface area contributed by atoms with E-state index in [2.05, 4.69) is 17.6 Å². The van der Waals surface area contributed by atoms with Crippen LogP contribution < -0.4 is 10.6 Å². The van der Waals surface area contributed by atoms with Crippen molar-refractivity contribution in [2.45, 2.75) is 19.9 Å². The van der Waals surface area contributed by atoms with Gasteiger partial charge in [-0.2, -0.15) is 0 Å². The predicted octanol–water partition coefficient (Wildman–Crippen LogP) is 4.88. The number of aryl methyl sites for hydroxylation is 1. The molecule has 0 spiro atoms. The van der Waals surface area contributed by atoms with Crippen molar-refractivity contribution in [1.29, 1.82) is 0 Å². The van der Waals surface area contributed by atoms with Gasteiger partial charge in [0.15, 0.2) is 0 Å². The summed E-state index contributed by atoms with van der Waals surface area (Å²) in [4.78, 5) is 11.9. The summed E-state index contributed by atoms with van der Waals surface area (Å²) < 4.78 is 0. The lowest BCUT2D eigenvalue weighted by atomic mass is 10.1. The van der Waals surface area contributed by atoms with Crippen molar-refractivity contribution < 1.29 is 4.79 Å². The molecule has 3 nitrogen and oxygen atoms in total. The quantitative estimate of drug-likeness (QED) is 0.827. The minimum atomic E-state index is -0.269. The molecular formula is C16H16Cl2N2O. The van der Waals surface area contributed by atoms with Crippen LogP contribution in [0, 0.1) is 0 Å². The Bertz CT molecular complexity index is 644. The van der Waals surface area contributed by atoms with Gasteiger partial charge in [-0.25, -0.2) is 4.79 Å². The molecule has 0 aliphatic heterocycles. The third-order valence-corrected chi connectivity index (χ3v) is 3.63. The largest absolute Gasteiger partial charge is 0.334 e. The summed E-state index contributed by atoms with van der Waals surface area (Å²) in [5.74, 6) is 0. The fraction of sp³-hybridized carbons (Fsp3) is 0.188. The molecule has 0 saturated heterocycles. The van der Waals surface area contributed by atoms with Crippen molar-refractivity contribution in [3.63, 3.8) is 0 Å². The summed E-state index contributed by atoms with van der Waals surface area (Å²) >= 11 is 11.9. The smallest absolute Gasteiger partial charge is 0.319 e. The average Bonchev–Trinajstić information content (AvgIpc) is 2.46. The maximum absolute atomic E-state index is 11.9. The molecule has 0 aliphatic carbocycles. The molecular weight excluding hydrogens is 307 g/mol. The second kappa shape index (κ2) is 7.34. The Morgan fingerprint density at radius 1 is 1.14 bits per heavy atom. The van der Waals surface area contributed by atoms with Gasteiger partial charge in [-0.15, -0.1) is 0 Å². The molecule has 21 heavy (non-hydrogen) atoms. The van der Waals surface area contributed by atoms with Crippen LogP contribution in [0.5, 0.6) is 0 Å². The third kappa shape index (κ3) is 4.66. The van der Waals surface area contributed by atoms with Crippen LogP contribution in [0.15, 0.2) is 42.5 Å². The van der Waals surface area contributed by atoms with Crippen molar-refractivity contribution in [2.24, 2.45) is 0 Å². The van der Waals surface area contributed by atoms with Gasteiger partial charge in [0.1, 0.15) is 0 Å². The Morgan fingerprint density at radius 3 is 2.67 bits per heavy atom. The van der Waals surface area contributed by atoms with E-state index in [0.717, 1.165) is 17.7 Å². The minimum absolute atomic E-state index is 0.269. The second-order valence-electron chi connectivity index (χ2n) is 4.60. The first-order chi connectivity index (χ1) is 10.1. The molecule has 0 radical (unpaired) electrons. The van der Waals surface area contributed by atoms with Gasteiger partial charge in [0.05, 0.1) is 0 Å². The zero-order chi connectivity index (χ0) is 15.2. The monoisotopic (exact) mass is 322 g/mol. The number of benzene rings is 2. The van der Waals surface area contributed by atoms with Gasteiger partial charge < -0.3 is 10.6 Å². The molecule has 0 fully saturated rings. The lowest BCUT2D eigenvalue weighted by Gasteiger charge is -2.10. The maximum atomic E-state index is 11.9. The highest BCUT2D eigenvalue weighted by Gasteiger charge is 2.05. The Balaban J connectivity index is 1.92. The molecule has 2 aromatic carbocycles. The number of carbonyl (C=O) groups is 1. The topological polar surface area (TPSA) is 41.1 Å². The Labute approximate surface area is 134 Å². The number of nitrogens with one attached hydrogen (secondary N) is 2. The predicted molar refractivity (Wildman–Crippen MR) is 88.1 cm³/mol. The molecule has 0 aromatic heterocycles. The lowest BCUT2D eigenvalue weighted by molar-refractivity contribution is 0.252. The van der Waals surface area contributed by atoms with E-state index in [9.17, 15) is 4.79 Å². The van der Waals surface area contributed by atoms with E-state index in [0.29, 0.717) is 16.6 Å². The minimum Gasteiger partial charge on any atom is -0.334 e. The zero-order valence-electron chi connectivity index (χ0n) is 11.6. The fourth-order valence-electron chi connectivity index (χ4n) is 1.88. The van der Waals surface area contributed by atoms with E-state index >= 15 is 0 Å². The van der Waals surface area contributed by atoms with Crippen LogP contribution in [0.3, 0.4) is 0 Å². The van der Waals surface area contributed by atoms with Crippen LogP contribution in [0.25, 0.3) is 0 Å². The van der Waals surface area contributed by atoms with Crippen LogP contribution in [0.4, 0.5) is 10.5 Å². The van der Waals surface area contributed by atoms with Crippen molar-refractivity contribution >= 4 is 34.9 Å². The van der Waals surface area contributed by atoms with Gasteiger partial charge in [0.2, 0.25) is 0 Å². The van der Waals surface area contributed by atoms with Gasteiger partial charge in [-0.1, -0.05) is 48.3 Å². The van der Waals surface area contributed by atoms with Crippen molar-refractivity contribution in [2.75, 3.05) is 5.32 Å². The average molecular weight is 323 g/mol. The summed E-state index contributed by atoms with van der Waals surface area (Å²) in [6, 6.07) is 12.7. The van der Waals surface area contributed by atoms with E-state index in [1.165, 1.54) is 5.56 Å². The fourth-order valence-corrected chi connectivity index (χ4v) is 2.36. The number of amides is 2. The van der Waals surface area contributed by atoms with E-state index < -0.39 is 0 Å². The summed E-state index contributed by atoms with van der Waals surface area (Å²) in [5.41, 5.74) is 2.76. The van der Waals surface area contributed by atoms with Crippen LogP contribution in [0.1, 0.15) is 18.1 Å². The number of rotatable bonds is 4. The van der Waals surface area contributed by atoms with Crippen molar-refractivity contribution in [3.8, 4) is 0 Å². The van der Waals surface area contributed by atoms with Crippen molar-refractivity contribution in [1.82, 2.24) is 5.32 Å². The molecule has 5 heteroatoms. The number of halogens is 2. The Kier molecular flexibility index (Phi) is 5.48. The first-order valence-electron chi connectivity index (χ1n) is 6.66. The van der Waals surface area contributed by atoms with Gasteiger partial charge in [0.25, 0.3) is 0 Å². The molecule has 2 aromatic rings. The van der Waals surface area contributed by atoms with E-state index in [4.69, 9.17) is 23.2 Å². The van der Waals surface area contributed by atoms with E-state index in [-0.39, 0.29) is 6.03 Å². The summed E-state index contributed by atoms with van der Waals surface area (Å²) in [5, 5.41) is 6.68. The maximum Gasteiger partial charge on any atom is 0.319 e. The second-order valence-corrected chi connectivity index (χ2v) is 5.44. The molecule has 2 N–H and O–H groups in total. The molecule has 0 unspecified atom stereocenters. The summed E-state index contributed by atoms with van der Waals surface area (Å²) in [6.07, 6.45) is 0.928. The number of hydrogen-bond donors (Lipinski definition) is 2. The van der Waals surface area contributed by atoms with Gasteiger partial charge in [0, 0.05) is 22.3 Å². The van der Waals surface area contributed by atoms with Gasteiger partial charge >= 0.3 is 6.03 Å². The Hall–Kier alpha value is -1.71. The first-order valence-corrected chi connectivity index (χ1v) is 7.42. The van der Waals surface area contributed by atoms with Crippen molar-refractivity contribution in [3.05, 3.63) is 63.6 Å². The summed E-state index contributed by atoms with van der Waals surface area (Å²) in [6.45, 7) is 2.41. The zero-order valence-corrected chi connectivity index (χ0v) is 13.1. The number of anilines is 1. The van der Waals surface area contributed by atoms with Crippen LogP contribution in [-0.2, 0) is 13.0 Å². The molecule has 2 amide bonds. The van der Waals surface area contributed by atoms with E-state index in [1.807, 2.05) is 24.3 Å². The molecule has 0 bridgehead atoms. The normalized spacial score (nSPS) is 10.2. The van der Waals surface area contributed by atoms with Crippen LogP contribution in [-0.4, -0.2) is 6.03 Å². The lowest BCUT2D eigenvalue weighted by Crippen LogP contribution is -2.28. The van der Waals surface area contributed by atoms with E-state index in [1.54, 1.807) is 18.2 Å². The van der Waals surface area contributed by atoms with Gasteiger partial charge in [-0.3, -0.25) is 0 Å². The number of urea groups is 1. The molecule has 110 valence electrons. The molecule has 0 aliphatic rings. The van der Waals surface area contributed by atoms with Gasteiger partial charge in [-0.05, 0) is 41.8 Å². The standard InChI is InChI=1S/C16H16Cl2N2O/c1-2-11-4-3-5-14(8-11)20-16(21)19-10-12-6-7-13(17)9-15(12)18/h3-9H,2,10H2,1H3,(H2,19,20,21). The SMILES string of the molecule is CCc1cccc(NC(=O)NCc2ccc(Cl)cc2Cl)c1. The molecule has 2 rings (SSSR count). The molecule has 0 saturated carbocycles. The highest BCUT2D eigenvalue weighted by molar-refractivity contribution is 6.35.